The summed E-state index contributed by atoms with van der Waals surface area (Å²) in [5.74, 6) is -0.338. The number of rotatable bonds is 8. The van der Waals surface area contributed by atoms with E-state index in [1.807, 2.05) is 63.2 Å². The van der Waals surface area contributed by atoms with Crippen LogP contribution in [0, 0.1) is 26.7 Å². The molecule has 1 atom stereocenters. The average molecular weight is 486 g/mol. The van der Waals surface area contributed by atoms with Crippen LogP contribution in [0.1, 0.15) is 28.7 Å². The molecule has 4 rings (SSSR count). The first kappa shape index (κ1) is 25.0. The number of hydrogen-bond acceptors (Lipinski definition) is 4. The van der Waals surface area contributed by atoms with Crippen molar-refractivity contribution in [3.05, 3.63) is 89.0 Å². The van der Waals surface area contributed by atoms with Crippen molar-refractivity contribution in [3.8, 4) is 5.75 Å². The second-order valence-corrected chi connectivity index (χ2v) is 9.26. The summed E-state index contributed by atoms with van der Waals surface area (Å²) in [6, 6.07) is 20.7. The summed E-state index contributed by atoms with van der Waals surface area (Å²) in [6.45, 7) is 6.61. The Morgan fingerprint density at radius 2 is 1.67 bits per heavy atom. The summed E-state index contributed by atoms with van der Waals surface area (Å²) in [5.41, 5.74) is 5.76. The van der Waals surface area contributed by atoms with Crippen LogP contribution in [0.4, 0.5) is 11.4 Å². The van der Waals surface area contributed by atoms with E-state index in [2.05, 4.69) is 10.6 Å². The molecule has 3 aromatic rings. The molecule has 1 heterocycles. The monoisotopic (exact) mass is 485 g/mol. The van der Waals surface area contributed by atoms with Gasteiger partial charge in [-0.1, -0.05) is 30.3 Å². The molecule has 3 amide bonds. The summed E-state index contributed by atoms with van der Waals surface area (Å²) in [4.78, 5) is 39.2. The van der Waals surface area contributed by atoms with Gasteiger partial charge in [0, 0.05) is 30.9 Å². The summed E-state index contributed by atoms with van der Waals surface area (Å²) >= 11 is 0. The van der Waals surface area contributed by atoms with E-state index in [0.29, 0.717) is 24.5 Å². The number of nitrogens with one attached hydrogen (secondary N) is 2. The number of carbonyl (C=O) groups is 3. The molecule has 0 aromatic heterocycles. The Hall–Kier alpha value is -4.13. The van der Waals surface area contributed by atoms with Crippen LogP contribution in [0.15, 0.2) is 66.7 Å². The fourth-order valence-corrected chi connectivity index (χ4v) is 4.38. The molecule has 1 saturated heterocycles. The highest BCUT2D eigenvalue weighted by Crippen LogP contribution is 2.27. The first-order chi connectivity index (χ1) is 17.3. The Morgan fingerprint density at radius 1 is 0.972 bits per heavy atom. The standard InChI is InChI=1S/C29H31N3O4/c1-19-12-20(2)14-24(13-19)31-27(33)18-36-26-10-8-25(9-11-26)32-17-23(15-28(32)34)29(35)30-16-22-7-5-4-6-21(22)3/h4-14,23H,15-18H2,1-3H3,(H,30,35)(H,31,33)/t23-/m0/s1. The van der Waals surface area contributed by atoms with E-state index in [-0.39, 0.29) is 30.7 Å². The highest BCUT2D eigenvalue weighted by Gasteiger charge is 2.35. The second-order valence-electron chi connectivity index (χ2n) is 9.26. The van der Waals surface area contributed by atoms with Gasteiger partial charge in [-0.05, 0) is 79.4 Å². The van der Waals surface area contributed by atoms with Gasteiger partial charge in [0.25, 0.3) is 5.91 Å². The van der Waals surface area contributed by atoms with Crippen LogP contribution in [0.3, 0.4) is 0 Å². The highest BCUT2D eigenvalue weighted by atomic mass is 16.5. The van der Waals surface area contributed by atoms with E-state index in [9.17, 15) is 14.4 Å². The van der Waals surface area contributed by atoms with Crippen LogP contribution >= 0.6 is 0 Å². The highest BCUT2D eigenvalue weighted by molar-refractivity contribution is 6.00. The molecule has 0 unspecified atom stereocenters. The van der Waals surface area contributed by atoms with Gasteiger partial charge in [0.05, 0.1) is 5.92 Å². The van der Waals surface area contributed by atoms with Crippen molar-refractivity contribution in [1.29, 1.82) is 0 Å². The Balaban J connectivity index is 1.28. The van der Waals surface area contributed by atoms with Crippen molar-refractivity contribution in [2.45, 2.75) is 33.7 Å². The number of nitrogens with zero attached hydrogens (tertiary/aromatic N) is 1. The van der Waals surface area contributed by atoms with Crippen LogP contribution in [-0.2, 0) is 20.9 Å². The summed E-state index contributed by atoms with van der Waals surface area (Å²) in [6.07, 6.45) is 0.177. The zero-order chi connectivity index (χ0) is 25.7. The normalized spacial score (nSPS) is 15.0. The molecule has 0 aliphatic carbocycles. The van der Waals surface area contributed by atoms with E-state index in [1.54, 1.807) is 29.2 Å². The van der Waals surface area contributed by atoms with Crippen LogP contribution < -0.4 is 20.3 Å². The van der Waals surface area contributed by atoms with Gasteiger partial charge in [-0.15, -0.1) is 0 Å². The lowest BCUT2D eigenvalue weighted by atomic mass is 10.1. The first-order valence-electron chi connectivity index (χ1n) is 12.0. The fraction of sp³-hybridized carbons (Fsp3) is 0.276. The van der Waals surface area contributed by atoms with Gasteiger partial charge >= 0.3 is 0 Å². The molecule has 1 aliphatic heterocycles. The van der Waals surface area contributed by atoms with Crippen LogP contribution in [-0.4, -0.2) is 30.9 Å². The minimum Gasteiger partial charge on any atom is -0.484 e. The van der Waals surface area contributed by atoms with Gasteiger partial charge in [-0.3, -0.25) is 14.4 Å². The smallest absolute Gasteiger partial charge is 0.262 e. The van der Waals surface area contributed by atoms with Crippen molar-refractivity contribution < 1.29 is 19.1 Å². The molecule has 7 nitrogen and oxygen atoms in total. The van der Waals surface area contributed by atoms with E-state index in [0.717, 1.165) is 27.9 Å². The number of anilines is 2. The number of carbonyl (C=O) groups excluding carboxylic acids is 3. The molecular formula is C29H31N3O4. The minimum absolute atomic E-state index is 0.0902. The molecule has 186 valence electrons. The molecule has 1 fully saturated rings. The third-order valence-electron chi connectivity index (χ3n) is 6.23. The Morgan fingerprint density at radius 3 is 2.36 bits per heavy atom. The van der Waals surface area contributed by atoms with Gasteiger partial charge in [-0.25, -0.2) is 0 Å². The Labute approximate surface area is 211 Å². The molecule has 0 saturated carbocycles. The van der Waals surface area contributed by atoms with Crippen LogP contribution in [0.5, 0.6) is 5.75 Å². The molecule has 2 N–H and O–H groups in total. The Bertz CT molecular complexity index is 1250. The SMILES string of the molecule is Cc1cc(C)cc(NC(=O)COc2ccc(N3C[C@@H](C(=O)NCc4ccccc4C)CC3=O)cc2)c1. The van der Waals surface area contributed by atoms with E-state index in [4.69, 9.17) is 4.74 Å². The predicted octanol–water partition coefficient (Wildman–Crippen LogP) is 4.30. The maximum absolute atomic E-state index is 12.7. The second kappa shape index (κ2) is 11.1. The molecule has 7 heteroatoms. The number of amides is 3. The van der Waals surface area contributed by atoms with E-state index < -0.39 is 5.92 Å². The average Bonchev–Trinajstić information content (AvgIpc) is 3.23. The topological polar surface area (TPSA) is 87.7 Å². The van der Waals surface area contributed by atoms with Gasteiger partial charge in [-0.2, -0.15) is 0 Å². The van der Waals surface area contributed by atoms with Gasteiger partial charge in [0.1, 0.15) is 5.75 Å². The fourth-order valence-electron chi connectivity index (χ4n) is 4.38. The van der Waals surface area contributed by atoms with Crippen molar-refractivity contribution in [2.75, 3.05) is 23.4 Å². The van der Waals surface area contributed by atoms with Gasteiger partial charge in [0.15, 0.2) is 6.61 Å². The Kier molecular flexibility index (Phi) is 7.68. The van der Waals surface area contributed by atoms with E-state index in [1.165, 1.54) is 0 Å². The largest absolute Gasteiger partial charge is 0.484 e. The molecule has 1 aliphatic rings. The number of benzene rings is 3. The molecule has 0 bridgehead atoms. The molecule has 0 spiro atoms. The number of aryl methyl sites for hydroxylation is 3. The lowest BCUT2D eigenvalue weighted by Gasteiger charge is -2.17. The quantitative estimate of drug-likeness (QED) is 0.498. The lowest BCUT2D eigenvalue weighted by molar-refractivity contribution is -0.126. The summed E-state index contributed by atoms with van der Waals surface area (Å²) in [7, 11) is 0. The van der Waals surface area contributed by atoms with Crippen molar-refractivity contribution in [3.63, 3.8) is 0 Å². The molecule has 3 aromatic carbocycles. The van der Waals surface area contributed by atoms with E-state index >= 15 is 0 Å². The van der Waals surface area contributed by atoms with Crippen molar-refractivity contribution in [2.24, 2.45) is 5.92 Å². The zero-order valence-corrected chi connectivity index (χ0v) is 20.8. The maximum atomic E-state index is 12.7. The molecular weight excluding hydrogens is 454 g/mol. The van der Waals surface area contributed by atoms with Crippen molar-refractivity contribution in [1.82, 2.24) is 5.32 Å². The van der Waals surface area contributed by atoms with Gasteiger partial charge < -0.3 is 20.3 Å². The predicted molar refractivity (Wildman–Crippen MR) is 140 cm³/mol. The summed E-state index contributed by atoms with van der Waals surface area (Å²) in [5, 5.41) is 5.80. The van der Waals surface area contributed by atoms with Gasteiger partial charge in [0.2, 0.25) is 11.8 Å². The van der Waals surface area contributed by atoms with Crippen molar-refractivity contribution >= 4 is 29.1 Å². The van der Waals surface area contributed by atoms with Crippen LogP contribution in [0.2, 0.25) is 0 Å². The lowest BCUT2D eigenvalue weighted by Crippen LogP contribution is -2.32. The molecule has 0 radical (unpaired) electrons. The summed E-state index contributed by atoms with van der Waals surface area (Å²) < 4.78 is 5.61. The number of hydrogen-bond donors (Lipinski definition) is 2. The number of ether oxygens (including phenoxy) is 1. The molecule has 36 heavy (non-hydrogen) atoms. The first-order valence-corrected chi connectivity index (χ1v) is 12.0. The maximum Gasteiger partial charge on any atom is 0.262 e. The minimum atomic E-state index is -0.397. The third-order valence-corrected chi connectivity index (χ3v) is 6.23. The van der Waals surface area contributed by atoms with Crippen LogP contribution in [0.25, 0.3) is 0 Å². The third kappa shape index (κ3) is 6.30. The zero-order valence-electron chi connectivity index (χ0n) is 20.8.